The first-order chi connectivity index (χ1) is 11.4. The van der Waals surface area contributed by atoms with Crippen molar-refractivity contribution in [1.29, 1.82) is 0 Å². The third-order valence-electron chi connectivity index (χ3n) is 3.41. The number of carbonyl (C=O) groups excluding carboxylic acids is 2. The van der Waals surface area contributed by atoms with E-state index in [4.69, 9.17) is 5.11 Å². The zero-order chi connectivity index (χ0) is 17.9. The molecule has 0 aliphatic rings. The van der Waals surface area contributed by atoms with Gasteiger partial charge in [-0.1, -0.05) is 18.6 Å². The summed E-state index contributed by atoms with van der Waals surface area (Å²) >= 11 is 0. The molecule has 132 valence electrons. The first-order valence-electron chi connectivity index (χ1n) is 7.87. The second kappa shape index (κ2) is 10.4. The monoisotopic (exact) mass is 338 g/mol. The van der Waals surface area contributed by atoms with Gasteiger partial charge in [0.05, 0.1) is 0 Å². The average Bonchev–Trinajstić information content (AvgIpc) is 2.51. The van der Waals surface area contributed by atoms with Crippen LogP contribution in [-0.4, -0.2) is 40.9 Å². The zero-order valence-electron chi connectivity index (χ0n) is 13.8. The van der Waals surface area contributed by atoms with E-state index in [9.17, 15) is 18.8 Å². The van der Waals surface area contributed by atoms with Crippen molar-refractivity contribution in [3.8, 4) is 0 Å². The van der Waals surface area contributed by atoms with Crippen molar-refractivity contribution in [2.75, 3.05) is 13.1 Å². The molecule has 0 spiro atoms. The maximum absolute atomic E-state index is 12.9. The first-order valence-corrected chi connectivity index (χ1v) is 7.87. The van der Waals surface area contributed by atoms with Crippen LogP contribution < -0.4 is 5.32 Å². The normalized spacial score (nSPS) is 10.2. The van der Waals surface area contributed by atoms with Gasteiger partial charge in [0, 0.05) is 26.4 Å². The predicted molar refractivity (Wildman–Crippen MR) is 86.6 cm³/mol. The number of hydrogen-bond donors (Lipinski definition) is 2. The molecule has 0 heterocycles. The molecule has 1 rings (SSSR count). The van der Waals surface area contributed by atoms with E-state index in [1.165, 1.54) is 36.1 Å². The zero-order valence-corrected chi connectivity index (χ0v) is 13.8. The number of amides is 2. The average molecular weight is 338 g/mol. The van der Waals surface area contributed by atoms with Crippen LogP contribution in [0.15, 0.2) is 24.3 Å². The first kappa shape index (κ1) is 19.6. The van der Waals surface area contributed by atoms with E-state index in [-0.39, 0.29) is 37.1 Å². The smallest absolute Gasteiger partial charge is 0.323 e. The van der Waals surface area contributed by atoms with Crippen LogP contribution in [0.2, 0.25) is 0 Å². The van der Waals surface area contributed by atoms with E-state index in [2.05, 4.69) is 5.32 Å². The lowest BCUT2D eigenvalue weighted by Crippen LogP contribution is -2.35. The Kier molecular flexibility index (Phi) is 8.46. The molecule has 2 N–H and O–H groups in total. The van der Waals surface area contributed by atoms with Gasteiger partial charge in [0.2, 0.25) is 11.8 Å². The van der Waals surface area contributed by atoms with E-state index in [1.54, 1.807) is 0 Å². The molecule has 1 aromatic carbocycles. The van der Waals surface area contributed by atoms with Crippen molar-refractivity contribution in [3.63, 3.8) is 0 Å². The Labute approximate surface area is 140 Å². The Bertz CT molecular complexity index is 560. The number of nitrogens with one attached hydrogen (secondary N) is 1. The summed E-state index contributed by atoms with van der Waals surface area (Å²) in [5.41, 5.74) is 0.677. The Balaban J connectivity index is 2.45. The minimum absolute atomic E-state index is 0.0852. The molecule has 0 atom stereocenters. The van der Waals surface area contributed by atoms with Gasteiger partial charge in [0.25, 0.3) is 0 Å². The number of carbonyl (C=O) groups is 3. The standard InChI is InChI=1S/C17H23FN2O4/c1-13(21)19-10-4-2-3-5-16(22)20(12-17(23)24)11-14-6-8-15(18)9-7-14/h6-9H,2-5,10-12H2,1H3,(H,19,21)(H,23,24). The number of carboxylic acid groups (broad SMARTS) is 1. The summed E-state index contributed by atoms with van der Waals surface area (Å²) in [5, 5.41) is 11.6. The molecule has 2 amide bonds. The van der Waals surface area contributed by atoms with Crippen LogP contribution >= 0.6 is 0 Å². The van der Waals surface area contributed by atoms with Crippen molar-refractivity contribution < 1.29 is 23.9 Å². The number of rotatable bonds is 10. The maximum Gasteiger partial charge on any atom is 0.323 e. The molecule has 6 nitrogen and oxygen atoms in total. The molecule has 1 aromatic rings. The molecule has 0 fully saturated rings. The number of nitrogens with zero attached hydrogens (tertiary/aromatic N) is 1. The Morgan fingerprint density at radius 2 is 1.79 bits per heavy atom. The number of benzene rings is 1. The molecule has 0 saturated heterocycles. The highest BCUT2D eigenvalue weighted by Crippen LogP contribution is 2.10. The molecule has 0 aliphatic heterocycles. The molecular formula is C17H23FN2O4. The van der Waals surface area contributed by atoms with E-state index in [0.717, 1.165) is 12.8 Å². The fourth-order valence-corrected chi connectivity index (χ4v) is 2.21. The molecule has 0 aliphatic carbocycles. The molecule has 0 bridgehead atoms. The second-order valence-corrected chi connectivity index (χ2v) is 5.56. The fourth-order valence-electron chi connectivity index (χ4n) is 2.21. The summed E-state index contributed by atoms with van der Waals surface area (Å²) in [6, 6.07) is 5.62. The van der Waals surface area contributed by atoms with E-state index < -0.39 is 5.97 Å². The number of unbranched alkanes of at least 4 members (excludes halogenated alkanes) is 2. The van der Waals surface area contributed by atoms with Crippen LogP contribution in [0, 0.1) is 5.82 Å². The molecule has 7 heteroatoms. The third kappa shape index (κ3) is 8.26. The highest BCUT2D eigenvalue weighted by atomic mass is 19.1. The van der Waals surface area contributed by atoms with Crippen LogP contribution in [0.25, 0.3) is 0 Å². The second-order valence-electron chi connectivity index (χ2n) is 5.56. The lowest BCUT2D eigenvalue weighted by molar-refractivity contribution is -0.145. The fraction of sp³-hybridized carbons (Fsp3) is 0.471. The third-order valence-corrected chi connectivity index (χ3v) is 3.41. The van der Waals surface area contributed by atoms with Crippen molar-refractivity contribution in [3.05, 3.63) is 35.6 Å². The van der Waals surface area contributed by atoms with Crippen molar-refractivity contribution in [1.82, 2.24) is 10.2 Å². The maximum atomic E-state index is 12.9. The van der Waals surface area contributed by atoms with Gasteiger partial charge in [-0.05, 0) is 30.5 Å². The topological polar surface area (TPSA) is 86.7 Å². The Morgan fingerprint density at radius 3 is 2.38 bits per heavy atom. The van der Waals surface area contributed by atoms with Crippen molar-refractivity contribution >= 4 is 17.8 Å². The van der Waals surface area contributed by atoms with Gasteiger partial charge in [-0.2, -0.15) is 0 Å². The summed E-state index contributed by atoms with van der Waals surface area (Å²) in [5.74, 6) is -1.80. The lowest BCUT2D eigenvalue weighted by atomic mass is 10.1. The largest absolute Gasteiger partial charge is 0.480 e. The lowest BCUT2D eigenvalue weighted by Gasteiger charge is -2.21. The Hall–Kier alpha value is -2.44. The van der Waals surface area contributed by atoms with Gasteiger partial charge in [0.15, 0.2) is 0 Å². The highest BCUT2D eigenvalue weighted by molar-refractivity contribution is 5.81. The number of hydrogen-bond acceptors (Lipinski definition) is 3. The molecule has 0 saturated carbocycles. The van der Waals surface area contributed by atoms with Crippen molar-refractivity contribution in [2.45, 2.75) is 39.2 Å². The van der Waals surface area contributed by atoms with Gasteiger partial charge in [-0.25, -0.2) is 4.39 Å². The van der Waals surface area contributed by atoms with Crippen LogP contribution in [0.4, 0.5) is 4.39 Å². The number of halogens is 1. The number of carboxylic acids is 1. The summed E-state index contributed by atoms with van der Waals surface area (Å²) in [4.78, 5) is 35.1. The SMILES string of the molecule is CC(=O)NCCCCCC(=O)N(CC(=O)O)Cc1ccc(F)cc1. The Morgan fingerprint density at radius 1 is 1.12 bits per heavy atom. The van der Waals surface area contributed by atoms with Crippen molar-refractivity contribution in [2.24, 2.45) is 0 Å². The minimum Gasteiger partial charge on any atom is -0.480 e. The summed E-state index contributed by atoms with van der Waals surface area (Å²) in [6.07, 6.45) is 2.40. The summed E-state index contributed by atoms with van der Waals surface area (Å²) in [6.45, 7) is 1.76. The quantitative estimate of drug-likeness (QED) is 0.638. The highest BCUT2D eigenvalue weighted by Gasteiger charge is 2.16. The molecule has 24 heavy (non-hydrogen) atoms. The molecule has 0 aromatic heterocycles. The van der Waals surface area contributed by atoms with Gasteiger partial charge < -0.3 is 15.3 Å². The van der Waals surface area contributed by atoms with E-state index >= 15 is 0 Å². The molecule has 0 radical (unpaired) electrons. The van der Waals surface area contributed by atoms with Crippen LogP contribution in [0.1, 0.15) is 38.2 Å². The van der Waals surface area contributed by atoms with Gasteiger partial charge >= 0.3 is 5.97 Å². The molecule has 0 unspecified atom stereocenters. The van der Waals surface area contributed by atoms with E-state index in [0.29, 0.717) is 18.5 Å². The van der Waals surface area contributed by atoms with Crippen LogP contribution in [0.3, 0.4) is 0 Å². The van der Waals surface area contributed by atoms with Crippen LogP contribution in [0.5, 0.6) is 0 Å². The minimum atomic E-state index is -1.09. The molecular weight excluding hydrogens is 315 g/mol. The van der Waals surface area contributed by atoms with Crippen LogP contribution in [-0.2, 0) is 20.9 Å². The van der Waals surface area contributed by atoms with Gasteiger partial charge in [0.1, 0.15) is 12.4 Å². The predicted octanol–water partition coefficient (Wildman–Crippen LogP) is 1.94. The number of aliphatic carboxylic acids is 1. The summed E-state index contributed by atoms with van der Waals surface area (Å²) in [7, 11) is 0. The summed E-state index contributed by atoms with van der Waals surface area (Å²) < 4.78 is 12.9. The van der Waals surface area contributed by atoms with Gasteiger partial charge in [-0.3, -0.25) is 14.4 Å². The van der Waals surface area contributed by atoms with Gasteiger partial charge in [-0.15, -0.1) is 0 Å². The van der Waals surface area contributed by atoms with E-state index in [1.807, 2.05) is 0 Å².